The number of carboxylic acids is 1. The first-order valence-electron chi connectivity index (χ1n) is 7.09. The fraction of sp³-hybridized carbons (Fsp3) is 0.538. The van der Waals surface area contributed by atoms with Crippen LogP contribution in [-0.4, -0.2) is 60.8 Å². The number of aromatic amines is 1. The third-order valence-electron chi connectivity index (χ3n) is 4.01. The first-order chi connectivity index (χ1) is 10.6. The summed E-state index contributed by atoms with van der Waals surface area (Å²) in [4.78, 5) is 13.3. The second-order valence-electron chi connectivity index (χ2n) is 5.54. The third-order valence-corrected chi connectivity index (χ3v) is 4.21. The topological polar surface area (TPSA) is 99.9 Å². The molecule has 1 aliphatic heterocycles. The molecule has 0 unspecified atom stereocenters. The van der Waals surface area contributed by atoms with Gasteiger partial charge in [-0.1, -0.05) is 11.6 Å². The Bertz CT molecular complexity index is 628. The van der Waals surface area contributed by atoms with Crippen molar-refractivity contribution < 1.29 is 9.90 Å². The molecule has 2 aromatic rings. The van der Waals surface area contributed by atoms with E-state index >= 15 is 0 Å². The zero-order valence-corrected chi connectivity index (χ0v) is 12.6. The molecule has 2 N–H and O–H groups in total. The Morgan fingerprint density at radius 1 is 1.41 bits per heavy atom. The summed E-state index contributed by atoms with van der Waals surface area (Å²) in [6.45, 7) is 3.03. The molecule has 0 aliphatic carbocycles. The lowest BCUT2D eigenvalue weighted by Gasteiger charge is -2.15. The first kappa shape index (κ1) is 15.0. The van der Waals surface area contributed by atoms with Gasteiger partial charge in [0.1, 0.15) is 0 Å². The predicted molar refractivity (Wildman–Crippen MR) is 78.5 cm³/mol. The molecule has 22 heavy (non-hydrogen) atoms. The molecule has 9 heteroatoms. The molecule has 0 radical (unpaired) electrons. The van der Waals surface area contributed by atoms with Crippen LogP contribution in [0.3, 0.4) is 0 Å². The van der Waals surface area contributed by atoms with Crippen molar-refractivity contribution in [1.29, 1.82) is 0 Å². The number of aliphatic carboxylic acids is 1. The fourth-order valence-electron chi connectivity index (χ4n) is 3.00. The largest absolute Gasteiger partial charge is 0.481 e. The van der Waals surface area contributed by atoms with E-state index in [2.05, 4.69) is 25.4 Å². The number of aromatic nitrogens is 5. The summed E-state index contributed by atoms with van der Waals surface area (Å²) in [6, 6.07) is 0. The van der Waals surface area contributed by atoms with Crippen molar-refractivity contribution in [3.8, 4) is 0 Å². The average molecular weight is 325 g/mol. The molecule has 3 heterocycles. The summed E-state index contributed by atoms with van der Waals surface area (Å²) < 4.78 is 1.79. The molecule has 8 nitrogen and oxygen atoms in total. The van der Waals surface area contributed by atoms with Crippen LogP contribution < -0.4 is 0 Å². The highest BCUT2D eigenvalue weighted by atomic mass is 35.5. The molecule has 0 aromatic carbocycles. The van der Waals surface area contributed by atoms with Crippen molar-refractivity contribution in [2.24, 2.45) is 5.92 Å². The van der Waals surface area contributed by atoms with Crippen molar-refractivity contribution in [1.82, 2.24) is 30.1 Å². The lowest BCUT2D eigenvalue weighted by Crippen LogP contribution is -2.26. The Labute approximate surface area is 132 Å². The summed E-state index contributed by atoms with van der Waals surface area (Å²) >= 11 is 5.85. The van der Waals surface area contributed by atoms with E-state index in [0.717, 1.165) is 31.9 Å². The number of rotatable bonds is 6. The average Bonchev–Trinajstić information content (AvgIpc) is 3.16. The Morgan fingerprint density at radius 2 is 2.27 bits per heavy atom. The Hall–Kier alpha value is -1.93. The highest BCUT2D eigenvalue weighted by Gasteiger charge is 2.36. The van der Waals surface area contributed by atoms with Crippen molar-refractivity contribution in [2.75, 3.05) is 19.6 Å². The summed E-state index contributed by atoms with van der Waals surface area (Å²) in [5.74, 6) is -0.640. The molecule has 0 amide bonds. The number of nitrogens with one attached hydrogen (secondary N) is 1. The summed E-state index contributed by atoms with van der Waals surface area (Å²) in [5, 5.41) is 24.4. The normalized spacial score (nSPS) is 22.2. The van der Waals surface area contributed by atoms with Gasteiger partial charge >= 0.3 is 5.97 Å². The van der Waals surface area contributed by atoms with Crippen LogP contribution in [0.1, 0.15) is 18.0 Å². The van der Waals surface area contributed by atoms with E-state index in [9.17, 15) is 4.79 Å². The zero-order valence-electron chi connectivity index (χ0n) is 11.9. The van der Waals surface area contributed by atoms with E-state index in [4.69, 9.17) is 16.7 Å². The minimum atomic E-state index is -0.779. The van der Waals surface area contributed by atoms with Crippen LogP contribution in [0.4, 0.5) is 0 Å². The molecule has 1 saturated heterocycles. The van der Waals surface area contributed by atoms with Crippen molar-refractivity contribution in [3.05, 3.63) is 29.3 Å². The molecule has 2 atom stereocenters. The van der Waals surface area contributed by atoms with Crippen LogP contribution in [0.25, 0.3) is 0 Å². The molecule has 0 saturated carbocycles. The maximum Gasteiger partial charge on any atom is 0.303 e. The van der Waals surface area contributed by atoms with E-state index < -0.39 is 5.97 Å². The van der Waals surface area contributed by atoms with E-state index in [1.165, 1.54) is 0 Å². The molecular weight excluding hydrogens is 308 g/mol. The highest BCUT2D eigenvalue weighted by Crippen LogP contribution is 2.33. The zero-order chi connectivity index (χ0) is 15.5. The van der Waals surface area contributed by atoms with Crippen LogP contribution in [0.2, 0.25) is 5.02 Å². The van der Waals surface area contributed by atoms with Gasteiger partial charge in [-0.05, 0) is 5.92 Å². The highest BCUT2D eigenvalue weighted by molar-refractivity contribution is 6.30. The van der Waals surface area contributed by atoms with Gasteiger partial charge < -0.3 is 10.0 Å². The summed E-state index contributed by atoms with van der Waals surface area (Å²) in [6.07, 6.45) is 5.20. The molecule has 0 spiro atoms. The van der Waals surface area contributed by atoms with Crippen LogP contribution in [0.15, 0.2) is 18.6 Å². The minimum Gasteiger partial charge on any atom is -0.481 e. The quantitative estimate of drug-likeness (QED) is 0.817. The second kappa shape index (κ2) is 6.45. The van der Waals surface area contributed by atoms with Crippen molar-refractivity contribution in [2.45, 2.75) is 18.9 Å². The number of carboxylic acid groups (broad SMARTS) is 1. The number of hydrogen-bond donors (Lipinski definition) is 2. The van der Waals surface area contributed by atoms with Crippen LogP contribution in [0, 0.1) is 5.92 Å². The lowest BCUT2D eigenvalue weighted by molar-refractivity contribution is -0.138. The molecule has 1 fully saturated rings. The van der Waals surface area contributed by atoms with Gasteiger partial charge in [0.15, 0.2) is 0 Å². The molecule has 3 rings (SSSR count). The second-order valence-corrected chi connectivity index (χ2v) is 5.98. The monoisotopic (exact) mass is 324 g/mol. The van der Waals surface area contributed by atoms with Crippen LogP contribution >= 0.6 is 11.6 Å². The Kier molecular flexibility index (Phi) is 4.39. The number of nitrogens with zero attached hydrogens (tertiary/aromatic N) is 5. The number of hydrogen-bond acceptors (Lipinski definition) is 5. The molecular formula is C13H17ClN6O2. The molecule has 0 bridgehead atoms. The van der Waals surface area contributed by atoms with Gasteiger partial charge in [-0.15, -0.1) is 0 Å². The maximum absolute atomic E-state index is 11.1. The van der Waals surface area contributed by atoms with Crippen molar-refractivity contribution in [3.63, 3.8) is 0 Å². The Morgan fingerprint density at radius 3 is 2.91 bits per heavy atom. The predicted octanol–water partition coefficient (Wildman–Crippen LogP) is 0.845. The number of halogens is 1. The lowest BCUT2D eigenvalue weighted by atomic mass is 9.91. The number of H-pyrrole nitrogens is 1. The minimum absolute atomic E-state index is 0.0452. The van der Waals surface area contributed by atoms with Gasteiger partial charge in [0.05, 0.1) is 36.1 Å². The molecule has 1 aliphatic rings. The maximum atomic E-state index is 11.1. The summed E-state index contributed by atoms with van der Waals surface area (Å²) in [7, 11) is 0. The smallest absolute Gasteiger partial charge is 0.303 e. The van der Waals surface area contributed by atoms with Gasteiger partial charge in [-0.2, -0.15) is 20.5 Å². The Balaban J connectivity index is 1.63. The van der Waals surface area contributed by atoms with Gasteiger partial charge in [-0.25, -0.2) is 0 Å². The molecule has 118 valence electrons. The van der Waals surface area contributed by atoms with E-state index in [1.54, 1.807) is 23.3 Å². The summed E-state index contributed by atoms with van der Waals surface area (Å²) in [5.41, 5.74) is 0.830. The van der Waals surface area contributed by atoms with Crippen molar-refractivity contribution >= 4 is 17.6 Å². The van der Waals surface area contributed by atoms with Gasteiger partial charge in [0.2, 0.25) is 0 Å². The number of likely N-dealkylation sites (tertiary alicyclic amines) is 1. The van der Waals surface area contributed by atoms with Gasteiger partial charge in [-0.3, -0.25) is 9.48 Å². The van der Waals surface area contributed by atoms with E-state index in [0.29, 0.717) is 5.02 Å². The standard InChI is InChI=1S/C13H17ClN6O2/c14-10-4-16-20(7-10)2-1-19-6-9(3-13(21)22)11(8-19)12-5-15-18-17-12/h4-5,7,9,11H,1-3,6,8H2,(H,21,22)(H,15,17,18)/t9-,11+/m1/s1. The SMILES string of the molecule is O=C(O)C[C@@H]1CN(CCn2cc(Cl)cn2)C[C@@H]1c1cn[nH]n1. The van der Waals surface area contributed by atoms with Gasteiger partial charge in [0.25, 0.3) is 0 Å². The number of carbonyl (C=O) groups is 1. The molecule has 2 aromatic heterocycles. The van der Waals surface area contributed by atoms with Crippen LogP contribution in [-0.2, 0) is 11.3 Å². The fourth-order valence-corrected chi connectivity index (χ4v) is 3.16. The van der Waals surface area contributed by atoms with Crippen LogP contribution in [0.5, 0.6) is 0 Å². The van der Waals surface area contributed by atoms with E-state index in [1.807, 2.05) is 0 Å². The first-order valence-corrected chi connectivity index (χ1v) is 7.47. The van der Waals surface area contributed by atoms with E-state index in [-0.39, 0.29) is 18.3 Å². The van der Waals surface area contributed by atoms with Gasteiger partial charge in [0, 0.05) is 31.7 Å². The third kappa shape index (κ3) is 3.45.